The van der Waals surface area contributed by atoms with Crippen LogP contribution in [0.5, 0.6) is 0 Å². The van der Waals surface area contributed by atoms with Gasteiger partial charge in [-0.1, -0.05) is 48.5 Å². The number of carbonyl (C=O) groups excluding carboxylic acids is 2. The molecular weight excluding hydrogens is 352 g/mol. The highest BCUT2D eigenvalue weighted by atomic mass is 35.5. The van der Waals surface area contributed by atoms with E-state index in [1.54, 1.807) is 24.3 Å². The zero-order valence-corrected chi connectivity index (χ0v) is 13.1. The van der Waals surface area contributed by atoms with Crippen LogP contribution in [0, 0.1) is 0 Å². The molecule has 23 heavy (non-hydrogen) atoms. The molecule has 0 unspecified atom stereocenters. The van der Waals surface area contributed by atoms with Gasteiger partial charge in [0, 0.05) is 11.1 Å². The molecule has 0 saturated carbocycles. The van der Waals surface area contributed by atoms with Crippen LogP contribution in [0.25, 0.3) is 0 Å². The summed E-state index contributed by atoms with van der Waals surface area (Å²) in [6.07, 6.45) is -5.47. The number of carbonyl (C=O) groups is 2. The van der Waals surface area contributed by atoms with Crippen LogP contribution in [0.3, 0.4) is 0 Å². The van der Waals surface area contributed by atoms with Crippen molar-refractivity contribution >= 4 is 33.7 Å². The second-order valence-electron chi connectivity index (χ2n) is 4.36. The highest BCUT2D eigenvalue weighted by molar-refractivity contribution is 6.68. The molecule has 0 bridgehead atoms. The van der Waals surface area contributed by atoms with E-state index < -0.39 is 23.1 Å². The van der Waals surface area contributed by atoms with Gasteiger partial charge in [0.1, 0.15) is 0 Å². The fraction of sp³-hybridized carbons (Fsp3) is 0.125. The van der Waals surface area contributed by atoms with E-state index in [0.717, 1.165) is 0 Å². The third-order valence-electron chi connectivity index (χ3n) is 2.62. The summed E-state index contributed by atoms with van der Waals surface area (Å²) < 4.78 is 36.1. The van der Waals surface area contributed by atoms with Gasteiger partial charge in [-0.25, -0.2) is 0 Å². The molecule has 0 atom stereocenters. The van der Waals surface area contributed by atoms with Gasteiger partial charge in [0.15, 0.2) is 0 Å². The quantitative estimate of drug-likeness (QED) is 0.700. The summed E-state index contributed by atoms with van der Waals surface area (Å²) in [6.45, 7) is 0. The van der Waals surface area contributed by atoms with Crippen LogP contribution in [0.1, 0.15) is 26.3 Å². The van der Waals surface area contributed by atoms with Crippen LogP contribution in [0.4, 0.5) is 13.2 Å². The Kier molecular flexibility index (Phi) is 7.26. The molecule has 2 aromatic rings. The minimum atomic E-state index is -4.33. The molecule has 0 aliphatic rings. The Hall–Kier alpha value is -1.85. The number of alkyl halides is 3. The van der Waals surface area contributed by atoms with Gasteiger partial charge in [-0.3, -0.25) is 9.59 Å². The summed E-state index contributed by atoms with van der Waals surface area (Å²) in [5.41, 5.74) is 0.352. The van der Waals surface area contributed by atoms with Crippen LogP contribution in [0.15, 0.2) is 54.6 Å². The van der Waals surface area contributed by atoms with Crippen molar-refractivity contribution in [2.45, 2.75) is 12.6 Å². The molecular formula is C16H11Cl2F3O2. The molecule has 0 aliphatic heterocycles. The van der Waals surface area contributed by atoms with E-state index in [4.69, 9.17) is 23.2 Å². The fourth-order valence-electron chi connectivity index (χ4n) is 1.65. The fourth-order valence-corrected chi connectivity index (χ4v) is 1.96. The van der Waals surface area contributed by atoms with Gasteiger partial charge in [-0.2, -0.15) is 13.2 Å². The number of rotatable bonds is 3. The molecule has 122 valence electrons. The first kappa shape index (κ1) is 19.2. The molecule has 0 radical (unpaired) electrons. The van der Waals surface area contributed by atoms with Crippen molar-refractivity contribution in [3.05, 3.63) is 71.3 Å². The van der Waals surface area contributed by atoms with Gasteiger partial charge >= 0.3 is 6.18 Å². The monoisotopic (exact) mass is 362 g/mol. The first-order valence-electron chi connectivity index (χ1n) is 6.30. The highest BCUT2D eigenvalue weighted by Gasteiger charge is 2.29. The van der Waals surface area contributed by atoms with Crippen molar-refractivity contribution in [2.24, 2.45) is 0 Å². The molecule has 0 heterocycles. The number of halogens is 5. The standard InChI is InChI=1S/C9H6ClF3O.C7H5ClO/c10-8(14)7-4-2-1-3-6(7)5-9(11,12)13;8-7(9)6-4-2-1-3-5-6/h1-4H,5H2;1-5H. The average molecular weight is 363 g/mol. The predicted molar refractivity (Wildman–Crippen MR) is 83.0 cm³/mol. The van der Waals surface area contributed by atoms with Gasteiger partial charge < -0.3 is 0 Å². The smallest absolute Gasteiger partial charge is 0.276 e. The van der Waals surface area contributed by atoms with Crippen LogP contribution >= 0.6 is 23.2 Å². The summed E-state index contributed by atoms with van der Waals surface area (Å²) in [6, 6.07) is 14.2. The highest BCUT2D eigenvalue weighted by Crippen LogP contribution is 2.24. The normalized spacial score (nSPS) is 10.5. The Morgan fingerprint density at radius 2 is 1.35 bits per heavy atom. The van der Waals surface area contributed by atoms with Gasteiger partial charge in [0.2, 0.25) is 0 Å². The summed E-state index contributed by atoms with van der Waals surface area (Å²) in [5.74, 6) is 0. The Bertz CT molecular complexity index is 671. The maximum Gasteiger partial charge on any atom is 0.393 e. The van der Waals surface area contributed by atoms with Crippen LogP contribution in [0.2, 0.25) is 0 Å². The lowest BCUT2D eigenvalue weighted by atomic mass is 10.1. The lowest BCUT2D eigenvalue weighted by molar-refractivity contribution is -0.127. The van der Waals surface area contributed by atoms with E-state index in [9.17, 15) is 22.8 Å². The van der Waals surface area contributed by atoms with Crippen LogP contribution in [-0.2, 0) is 6.42 Å². The lowest BCUT2D eigenvalue weighted by Gasteiger charge is -2.08. The van der Waals surface area contributed by atoms with E-state index in [2.05, 4.69) is 0 Å². The minimum absolute atomic E-state index is 0.0912. The van der Waals surface area contributed by atoms with E-state index in [-0.39, 0.29) is 11.1 Å². The van der Waals surface area contributed by atoms with Crippen molar-refractivity contribution in [1.82, 2.24) is 0 Å². The van der Waals surface area contributed by atoms with Gasteiger partial charge in [0.25, 0.3) is 10.5 Å². The van der Waals surface area contributed by atoms with Gasteiger partial charge in [0.05, 0.1) is 6.42 Å². The van der Waals surface area contributed by atoms with Crippen molar-refractivity contribution in [3.63, 3.8) is 0 Å². The minimum Gasteiger partial charge on any atom is -0.276 e. The van der Waals surface area contributed by atoms with E-state index in [0.29, 0.717) is 5.56 Å². The summed E-state index contributed by atoms with van der Waals surface area (Å²) >= 11 is 10.3. The molecule has 0 fully saturated rings. The zero-order valence-electron chi connectivity index (χ0n) is 11.6. The molecule has 2 nitrogen and oxygen atoms in total. The SMILES string of the molecule is O=C(Cl)c1ccccc1.O=C(Cl)c1ccccc1CC(F)(F)F. The topological polar surface area (TPSA) is 34.1 Å². The maximum atomic E-state index is 12.0. The molecule has 2 rings (SSSR count). The molecule has 0 amide bonds. The number of benzene rings is 2. The van der Waals surface area contributed by atoms with Crippen molar-refractivity contribution in [1.29, 1.82) is 0 Å². The maximum absolute atomic E-state index is 12.0. The molecule has 0 aliphatic carbocycles. The Balaban J connectivity index is 0.000000253. The van der Waals surface area contributed by atoms with Crippen molar-refractivity contribution in [2.75, 3.05) is 0 Å². The van der Waals surface area contributed by atoms with E-state index in [1.807, 2.05) is 6.07 Å². The first-order valence-corrected chi connectivity index (χ1v) is 7.05. The average Bonchev–Trinajstić information content (AvgIpc) is 2.47. The van der Waals surface area contributed by atoms with Crippen molar-refractivity contribution < 1.29 is 22.8 Å². The molecule has 0 spiro atoms. The Morgan fingerprint density at radius 3 is 1.78 bits per heavy atom. The molecule has 7 heteroatoms. The second kappa shape index (κ2) is 8.70. The summed E-state index contributed by atoms with van der Waals surface area (Å²) in [7, 11) is 0. The van der Waals surface area contributed by atoms with Gasteiger partial charge in [-0.15, -0.1) is 0 Å². The summed E-state index contributed by atoms with van der Waals surface area (Å²) in [5, 5.41) is -1.28. The lowest BCUT2D eigenvalue weighted by Crippen LogP contribution is -2.13. The Morgan fingerprint density at radius 1 is 0.826 bits per heavy atom. The van der Waals surface area contributed by atoms with E-state index >= 15 is 0 Å². The molecule has 0 saturated heterocycles. The first-order chi connectivity index (χ1) is 10.7. The number of hydrogen-bond acceptors (Lipinski definition) is 2. The predicted octanol–water partition coefficient (Wildman–Crippen LogP) is 5.24. The third kappa shape index (κ3) is 7.30. The zero-order chi connectivity index (χ0) is 17.5. The largest absolute Gasteiger partial charge is 0.393 e. The molecule has 0 aromatic heterocycles. The van der Waals surface area contributed by atoms with Crippen LogP contribution < -0.4 is 0 Å². The van der Waals surface area contributed by atoms with Crippen LogP contribution in [-0.4, -0.2) is 16.7 Å². The molecule has 2 aromatic carbocycles. The summed E-state index contributed by atoms with van der Waals surface area (Å²) in [4.78, 5) is 21.2. The molecule has 0 N–H and O–H groups in total. The third-order valence-corrected chi connectivity index (χ3v) is 3.04. The van der Waals surface area contributed by atoms with Gasteiger partial charge in [-0.05, 0) is 34.8 Å². The number of hydrogen-bond donors (Lipinski definition) is 0. The van der Waals surface area contributed by atoms with Crippen molar-refractivity contribution in [3.8, 4) is 0 Å². The Labute approximate surface area is 140 Å². The second-order valence-corrected chi connectivity index (χ2v) is 5.05. The van der Waals surface area contributed by atoms with E-state index in [1.165, 1.54) is 24.3 Å².